The number of nitrogens with zero attached hydrogens (tertiary/aromatic N) is 3. The van der Waals surface area contributed by atoms with E-state index in [1.807, 2.05) is 41.4 Å². The fourth-order valence-electron chi connectivity index (χ4n) is 4.59. The summed E-state index contributed by atoms with van der Waals surface area (Å²) in [4.78, 5) is 10.9. The number of hydrogen-bond acceptors (Lipinski definition) is 5. The molecule has 0 spiro atoms. The Morgan fingerprint density at radius 3 is 2.59 bits per heavy atom. The molecule has 32 heavy (non-hydrogen) atoms. The van der Waals surface area contributed by atoms with Gasteiger partial charge in [0.05, 0.1) is 16.7 Å². The number of fused-ring (bicyclic) bond motifs is 4. The third kappa shape index (κ3) is 3.00. The topological polar surface area (TPSA) is 68.0 Å². The van der Waals surface area contributed by atoms with E-state index in [2.05, 4.69) is 36.4 Å². The molecule has 0 fully saturated rings. The second-order valence-corrected chi connectivity index (χ2v) is 8.07. The molecule has 6 nitrogen and oxygen atoms in total. The van der Waals surface area contributed by atoms with Gasteiger partial charge in [-0.1, -0.05) is 66.7 Å². The van der Waals surface area contributed by atoms with Crippen molar-refractivity contribution in [2.24, 2.45) is 5.10 Å². The van der Waals surface area contributed by atoms with E-state index in [1.54, 1.807) is 12.1 Å². The number of hydrogen-bond donors (Lipinski definition) is 0. The SMILES string of the molecule is O=[N+]([O-])c1cccc([C@H]2Oc3ccccc3[C@H]3CC(c4ccc5ccccc5c4)=NN32)c1. The first kappa shape index (κ1) is 18.6. The lowest BCUT2D eigenvalue weighted by molar-refractivity contribution is -0.385. The molecule has 156 valence electrons. The van der Waals surface area contributed by atoms with Crippen LogP contribution in [0.1, 0.15) is 35.4 Å². The Hall–Kier alpha value is -4.19. The summed E-state index contributed by atoms with van der Waals surface area (Å²) in [6, 6.07) is 29.2. The molecule has 6 heteroatoms. The molecular formula is C26H19N3O3. The van der Waals surface area contributed by atoms with Gasteiger partial charge >= 0.3 is 0 Å². The average molecular weight is 421 g/mol. The minimum atomic E-state index is -0.534. The predicted molar refractivity (Wildman–Crippen MR) is 123 cm³/mol. The van der Waals surface area contributed by atoms with Crippen LogP contribution in [0.5, 0.6) is 5.75 Å². The van der Waals surface area contributed by atoms with E-state index >= 15 is 0 Å². The van der Waals surface area contributed by atoms with E-state index in [-0.39, 0.29) is 16.7 Å². The van der Waals surface area contributed by atoms with Gasteiger partial charge in [-0.2, -0.15) is 5.10 Å². The van der Waals surface area contributed by atoms with E-state index < -0.39 is 6.23 Å². The van der Waals surface area contributed by atoms with Crippen LogP contribution < -0.4 is 4.74 Å². The highest BCUT2D eigenvalue weighted by atomic mass is 16.6. The van der Waals surface area contributed by atoms with Crippen molar-refractivity contribution in [2.75, 3.05) is 0 Å². The van der Waals surface area contributed by atoms with E-state index in [4.69, 9.17) is 9.84 Å². The molecule has 0 aromatic heterocycles. The zero-order chi connectivity index (χ0) is 21.7. The monoisotopic (exact) mass is 421 g/mol. The van der Waals surface area contributed by atoms with Crippen LogP contribution in [0, 0.1) is 10.1 Å². The number of para-hydroxylation sites is 1. The molecular weight excluding hydrogens is 402 g/mol. The number of nitro benzene ring substituents is 1. The average Bonchev–Trinajstić information content (AvgIpc) is 3.29. The molecule has 0 radical (unpaired) electrons. The summed E-state index contributed by atoms with van der Waals surface area (Å²) in [5.41, 5.74) is 3.89. The molecule has 2 heterocycles. The summed E-state index contributed by atoms with van der Waals surface area (Å²) in [5, 5.41) is 20.6. The van der Waals surface area contributed by atoms with Gasteiger partial charge in [-0.3, -0.25) is 10.1 Å². The Balaban J connectivity index is 1.45. The van der Waals surface area contributed by atoms with E-state index in [0.717, 1.165) is 29.0 Å². The van der Waals surface area contributed by atoms with Gasteiger partial charge < -0.3 is 4.74 Å². The van der Waals surface area contributed by atoms with Crippen LogP contribution in [-0.4, -0.2) is 15.6 Å². The molecule has 4 aromatic rings. The molecule has 0 saturated carbocycles. The smallest absolute Gasteiger partial charge is 0.269 e. The Kier molecular flexibility index (Phi) is 4.18. The molecule has 0 bridgehead atoms. The lowest BCUT2D eigenvalue weighted by atomic mass is 9.95. The quantitative estimate of drug-likeness (QED) is 0.301. The number of ether oxygens (including phenoxy) is 1. The van der Waals surface area contributed by atoms with Crippen LogP contribution in [0.25, 0.3) is 10.8 Å². The lowest BCUT2D eigenvalue weighted by Crippen LogP contribution is -2.33. The normalized spacial score (nSPS) is 19.1. The first-order chi connectivity index (χ1) is 15.7. The summed E-state index contributed by atoms with van der Waals surface area (Å²) in [7, 11) is 0. The van der Waals surface area contributed by atoms with Gasteiger partial charge in [0.2, 0.25) is 6.23 Å². The standard InChI is InChI=1S/C26H19N3O3/c30-29(31)21-9-5-8-20(15-21)26-28-24(22-10-3-4-11-25(22)32-26)16-23(27-28)19-13-12-17-6-1-2-7-18(17)14-19/h1-15,24,26H,16H2/t24-,26-/m1/s1. The highest BCUT2D eigenvalue weighted by molar-refractivity contribution is 6.04. The molecule has 4 aromatic carbocycles. The van der Waals surface area contributed by atoms with Gasteiger partial charge in [0.15, 0.2) is 0 Å². The zero-order valence-corrected chi connectivity index (χ0v) is 17.1. The fourth-order valence-corrected chi connectivity index (χ4v) is 4.59. The van der Waals surface area contributed by atoms with Gasteiger partial charge in [0.25, 0.3) is 5.69 Å². The van der Waals surface area contributed by atoms with Crippen molar-refractivity contribution < 1.29 is 9.66 Å². The van der Waals surface area contributed by atoms with Crippen molar-refractivity contribution in [3.8, 4) is 5.75 Å². The molecule has 0 aliphatic carbocycles. The maximum Gasteiger partial charge on any atom is 0.269 e. The van der Waals surface area contributed by atoms with Gasteiger partial charge in [-0.25, -0.2) is 5.01 Å². The second kappa shape index (κ2) is 7.20. The molecule has 0 saturated heterocycles. The highest BCUT2D eigenvalue weighted by Crippen LogP contribution is 2.47. The first-order valence-electron chi connectivity index (χ1n) is 10.5. The van der Waals surface area contributed by atoms with Crippen LogP contribution >= 0.6 is 0 Å². The van der Waals surface area contributed by atoms with Gasteiger partial charge in [-0.05, 0) is 28.5 Å². The summed E-state index contributed by atoms with van der Waals surface area (Å²) in [6.07, 6.45) is 0.206. The number of non-ortho nitro benzene ring substituents is 1. The predicted octanol–water partition coefficient (Wildman–Crippen LogP) is 5.99. The van der Waals surface area contributed by atoms with E-state index in [1.165, 1.54) is 16.8 Å². The Bertz CT molecular complexity index is 1400. The molecule has 2 atom stereocenters. The number of nitro groups is 1. The Morgan fingerprint density at radius 2 is 1.72 bits per heavy atom. The minimum absolute atomic E-state index is 0.00526. The van der Waals surface area contributed by atoms with Crippen molar-refractivity contribution in [3.05, 3.63) is 118 Å². The minimum Gasteiger partial charge on any atom is -0.464 e. The molecule has 0 unspecified atom stereocenters. The second-order valence-electron chi connectivity index (χ2n) is 8.07. The molecule has 0 amide bonds. The van der Waals surface area contributed by atoms with Crippen molar-refractivity contribution in [1.82, 2.24) is 5.01 Å². The van der Waals surface area contributed by atoms with Gasteiger partial charge in [-0.15, -0.1) is 0 Å². The number of rotatable bonds is 3. The van der Waals surface area contributed by atoms with E-state index in [0.29, 0.717) is 5.56 Å². The van der Waals surface area contributed by atoms with Crippen molar-refractivity contribution in [3.63, 3.8) is 0 Å². The number of hydrazone groups is 1. The van der Waals surface area contributed by atoms with Crippen LogP contribution in [-0.2, 0) is 0 Å². The van der Waals surface area contributed by atoms with Crippen LogP contribution in [0.4, 0.5) is 5.69 Å². The van der Waals surface area contributed by atoms with E-state index in [9.17, 15) is 10.1 Å². The fraction of sp³-hybridized carbons (Fsp3) is 0.115. The lowest BCUT2D eigenvalue weighted by Gasteiger charge is -2.38. The first-order valence-corrected chi connectivity index (χ1v) is 10.5. The maximum absolute atomic E-state index is 11.3. The molecule has 2 aliphatic heterocycles. The molecule has 0 N–H and O–H groups in total. The zero-order valence-electron chi connectivity index (χ0n) is 17.1. The Morgan fingerprint density at radius 1 is 0.906 bits per heavy atom. The van der Waals surface area contributed by atoms with Gasteiger partial charge in [0.1, 0.15) is 5.75 Å². The van der Waals surface area contributed by atoms with Crippen LogP contribution in [0.15, 0.2) is 96.1 Å². The maximum atomic E-state index is 11.3. The highest BCUT2D eigenvalue weighted by Gasteiger charge is 2.41. The van der Waals surface area contributed by atoms with Crippen molar-refractivity contribution in [2.45, 2.75) is 18.7 Å². The Labute approximate surface area is 184 Å². The summed E-state index contributed by atoms with van der Waals surface area (Å²) in [6.45, 7) is 0. The molecule has 2 aliphatic rings. The third-order valence-electron chi connectivity index (χ3n) is 6.15. The number of benzene rings is 4. The summed E-state index contributed by atoms with van der Waals surface area (Å²) < 4.78 is 6.32. The molecule has 6 rings (SSSR count). The largest absolute Gasteiger partial charge is 0.464 e. The summed E-state index contributed by atoms with van der Waals surface area (Å²) in [5.74, 6) is 0.792. The van der Waals surface area contributed by atoms with Crippen LogP contribution in [0.3, 0.4) is 0 Å². The third-order valence-corrected chi connectivity index (χ3v) is 6.15. The van der Waals surface area contributed by atoms with Crippen molar-refractivity contribution >= 4 is 22.2 Å². The summed E-state index contributed by atoms with van der Waals surface area (Å²) >= 11 is 0. The van der Waals surface area contributed by atoms with Crippen molar-refractivity contribution in [1.29, 1.82) is 0 Å². The van der Waals surface area contributed by atoms with Gasteiger partial charge in [0, 0.05) is 29.7 Å². The van der Waals surface area contributed by atoms with Crippen LogP contribution in [0.2, 0.25) is 0 Å².